The molecule has 0 unspecified atom stereocenters. The van der Waals surface area contributed by atoms with Crippen LogP contribution in [0.25, 0.3) is 22.5 Å². The molecule has 2 heterocycles. The first-order valence-corrected chi connectivity index (χ1v) is 9.50. The summed E-state index contributed by atoms with van der Waals surface area (Å²) >= 11 is 0. The van der Waals surface area contributed by atoms with E-state index in [2.05, 4.69) is 9.97 Å². The van der Waals surface area contributed by atoms with Crippen molar-refractivity contribution in [2.24, 2.45) is 0 Å². The first-order chi connectivity index (χ1) is 14.7. The Bertz CT molecular complexity index is 1240. The lowest BCUT2D eigenvalue weighted by Crippen LogP contribution is -2.03. The first kappa shape index (κ1) is 20.6. The van der Waals surface area contributed by atoms with Gasteiger partial charge in [-0.1, -0.05) is 6.07 Å². The minimum atomic E-state index is -4.40. The number of hydrogen-bond donors (Lipinski definition) is 1. The van der Waals surface area contributed by atoms with Gasteiger partial charge in [-0.25, -0.2) is 9.97 Å². The van der Waals surface area contributed by atoms with Crippen molar-refractivity contribution in [1.82, 2.24) is 14.5 Å². The van der Waals surface area contributed by atoms with Crippen LogP contribution in [0.2, 0.25) is 0 Å². The number of alkyl halides is 3. The number of rotatable bonds is 6. The second kappa shape index (κ2) is 7.90. The van der Waals surface area contributed by atoms with Crippen LogP contribution in [0, 0.1) is 6.92 Å². The summed E-state index contributed by atoms with van der Waals surface area (Å²) in [6, 6.07) is 10.3. The average Bonchev–Trinajstić information content (AvgIpc) is 3.29. The molecule has 0 aliphatic rings. The van der Waals surface area contributed by atoms with E-state index in [1.54, 1.807) is 13.3 Å². The van der Waals surface area contributed by atoms with E-state index in [1.807, 2.05) is 22.8 Å². The molecule has 0 atom stereocenters. The molecule has 4 aromatic rings. The molecule has 6 nitrogen and oxygen atoms in total. The molecule has 0 aliphatic heterocycles. The Labute approximate surface area is 175 Å². The largest absolute Gasteiger partial charge is 0.481 e. The van der Waals surface area contributed by atoms with E-state index in [9.17, 15) is 18.0 Å². The number of aryl methyl sites for hydroxylation is 2. The zero-order chi connectivity index (χ0) is 22.2. The monoisotopic (exact) mass is 429 g/mol. The molecule has 0 aliphatic carbocycles. The predicted octanol–water partition coefficient (Wildman–Crippen LogP) is 5.08. The molecule has 0 spiro atoms. The zero-order valence-electron chi connectivity index (χ0n) is 16.5. The summed E-state index contributed by atoms with van der Waals surface area (Å²) in [5, 5.41) is 8.83. The Morgan fingerprint density at radius 1 is 1.16 bits per heavy atom. The fourth-order valence-corrected chi connectivity index (χ4v) is 3.30. The van der Waals surface area contributed by atoms with Gasteiger partial charge in [0.15, 0.2) is 0 Å². The number of halogens is 3. The van der Waals surface area contributed by atoms with Crippen LogP contribution < -0.4 is 0 Å². The summed E-state index contributed by atoms with van der Waals surface area (Å²) in [6.45, 7) is 2.12. The molecule has 0 amide bonds. The summed E-state index contributed by atoms with van der Waals surface area (Å²) in [7, 11) is 0. The van der Waals surface area contributed by atoms with E-state index in [0.717, 1.165) is 28.7 Å². The molecule has 4 rings (SSSR count). The molecule has 0 radical (unpaired) electrons. The molecular weight excluding hydrogens is 411 g/mol. The highest BCUT2D eigenvalue weighted by atomic mass is 19.4. The third-order valence-electron chi connectivity index (χ3n) is 4.98. The van der Waals surface area contributed by atoms with Gasteiger partial charge < -0.3 is 14.1 Å². The molecule has 9 heteroatoms. The molecule has 2 aromatic heterocycles. The smallest absolute Gasteiger partial charge is 0.416 e. The molecular formula is C22H18F3N3O3. The van der Waals surface area contributed by atoms with Crippen molar-refractivity contribution in [2.45, 2.75) is 32.5 Å². The van der Waals surface area contributed by atoms with Crippen LogP contribution in [-0.4, -0.2) is 25.6 Å². The minimum absolute atomic E-state index is 0.0518. The number of fused-ring (bicyclic) bond motifs is 1. The highest BCUT2D eigenvalue weighted by Crippen LogP contribution is 2.31. The topological polar surface area (TPSA) is 81.2 Å². The Morgan fingerprint density at radius 3 is 2.58 bits per heavy atom. The lowest BCUT2D eigenvalue weighted by atomic mass is 10.1. The Morgan fingerprint density at radius 2 is 1.90 bits per heavy atom. The standard InChI is InChI=1S/C22H18F3N3O3/c1-13-19(31-21(27-13)15-4-6-16(7-5-15)22(23,24)25)11-28-12-26-17-10-14(2-8-18(17)28)3-9-20(29)30/h2,4-8,10,12H,3,9,11H2,1H3,(H,29,30). The number of aromatic nitrogens is 3. The number of nitrogens with zero attached hydrogens (tertiary/aromatic N) is 3. The van der Waals surface area contributed by atoms with Crippen molar-refractivity contribution in [3.05, 3.63) is 71.4 Å². The summed E-state index contributed by atoms with van der Waals surface area (Å²) in [5.74, 6) is -0.0268. The van der Waals surface area contributed by atoms with E-state index < -0.39 is 17.7 Å². The van der Waals surface area contributed by atoms with Crippen molar-refractivity contribution in [2.75, 3.05) is 0 Å². The lowest BCUT2D eigenvalue weighted by Gasteiger charge is -2.06. The average molecular weight is 429 g/mol. The summed E-state index contributed by atoms with van der Waals surface area (Å²) in [6.07, 6.45) is -2.26. The van der Waals surface area contributed by atoms with Crippen LogP contribution in [-0.2, 0) is 23.9 Å². The van der Waals surface area contributed by atoms with Gasteiger partial charge in [0, 0.05) is 12.0 Å². The van der Waals surface area contributed by atoms with E-state index >= 15 is 0 Å². The second-order valence-corrected chi connectivity index (χ2v) is 7.19. The van der Waals surface area contributed by atoms with Gasteiger partial charge >= 0.3 is 12.1 Å². The van der Waals surface area contributed by atoms with Crippen molar-refractivity contribution in [3.63, 3.8) is 0 Å². The van der Waals surface area contributed by atoms with Crippen molar-refractivity contribution in [1.29, 1.82) is 0 Å². The van der Waals surface area contributed by atoms with Gasteiger partial charge in [-0.2, -0.15) is 13.2 Å². The summed E-state index contributed by atoms with van der Waals surface area (Å²) in [5.41, 5.74) is 2.85. The zero-order valence-corrected chi connectivity index (χ0v) is 16.5. The van der Waals surface area contributed by atoms with Crippen LogP contribution in [0.1, 0.15) is 29.0 Å². The Kier molecular flexibility index (Phi) is 5.26. The minimum Gasteiger partial charge on any atom is -0.481 e. The van der Waals surface area contributed by atoms with Crippen LogP contribution in [0.4, 0.5) is 13.2 Å². The van der Waals surface area contributed by atoms with Crippen molar-refractivity contribution in [3.8, 4) is 11.5 Å². The summed E-state index contributed by atoms with van der Waals surface area (Å²) in [4.78, 5) is 19.5. The van der Waals surface area contributed by atoms with Gasteiger partial charge in [0.2, 0.25) is 5.89 Å². The number of carboxylic acid groups (broad SMARTS) is 1. The number of carbonyl (C=O) groups is 1. The third kappa shape index (κ3) is 4.45. The lowest BCUT2D eigenvalue weighted by molar-refractivity contribution is -0.138. The fourth-order valence-electron chi connectivity index (χ4n) is 3.30. The summed E-state index contributed by atoms with van der Waals surface area (Å²) < 4.78 is 46.0. The first-order valence-electron chi connectivity index (χ1n) is 9.50. The number of hydrogen-bond acceptors (Lipinski definition) is 4. The van der Waals surface area contributed by atoms with Gasteiger partial charge in [-0.3, -0.25) is 4.79 Å². The fraction of sp³-hybridized carbons (Fsp3) is 0.227. The SMILES string of the molecule is Cc1nc(-c2ccc(C(F)(F)F)cc2)oc1Cn1cnc2cc(CCC(=O)O)ccc21. The number of aliphatic carboxylic acids is 1. The van der Waals surface area contributed by atoms with Crippen LogP contribution in [0.15, 0.2) is 53.2 Å². The molecule has 0 saturated heterocycles. The van der Waals surface area contributed by atoms with Crippen molar-refractivity contribution < 1.29 is 27.5 Å². The molecule has 0 fully saturated rings. The number of carboxylic acids is 1. The van der Waals surface area contributed by atoms with Gasteiger partial charge in [0.1, 0.15) is 5.76 Å². The third-order valence-corrected chi connectivity index (χ3v) is 4.98. The van der Waals surface area contributed by atoms with E-state index in [1.165, 1.54) is 12.1 Å². The Hall–Kier alpha value is -3.62. The van der Waals surface area contributed by atoms with Crippen LogP contribution >= 0.6 is 0 Å². The van der Waals surface area contributed by atoms with Gasteiger partial charge in [-0.15, -0.1) is 0 Å². The molecule has 0 saturated carbocycles. The van der Waals surface area contributed by atoms with Crippen LogP contribution in [0.5, 0.6) is 0 Å². The van der Waals surface area contributed by atoms with Crippen molar-refractivity contribution >= 4 is 17.0 Å². The van der Waals surface area contributed by atoms with Gasteiger partial charge in [-0.05, 0) is 55.3 Å². The molecule has 160 valence electrons. The normalized spacial score (nSPS) is 11.9. The molecule has 0 bridgehead atoms. The maximum atomic E-state index is 12.8. The highest BCUT2D eigenvalue weighted by molar-refractivity contribution is 5.76. The molecule has 1 N–H and O–H groups in total. The molecule has 31 heavy (non-hydrogen) atoms. The quantitative estimate of drug-likeness (QED) is 0.462. The highest BCUT2D eigenvalue weighted by Gasteiger charge is 2.30. The van der Waals surface area contributed by atoms with Gasteiger partial charge in [0.25, 0.3) is 0 Å². The van der Waals surface area contributed by atoms with E-state index in [0.29, 0.717) is 30.0 Å². The van der Waals surface area contributed by atoms with E-state index in [4.69, 9.17) is 9.52 Å². The predicted molar refractivity (Wildman–Crippen MR) is 106 cm³/mol. The number of oxazole rings is 1. The van der Waals surface area contributed by atoms with E-state index in [-0.39, 0.29) is 12.3 Å². The maximum Gasteiger partial charge on any atom is 0.416 e. The number of benzene rings is 2. The second-order valence-electron chi connectivity index (χ2n) is 7.19. The Balaban J connectivity index is 1.55. The van der Waals surface area contributed by atoms with Gasteiger partial charge in [0.05, 0.1) is 35.2 Å². The number of imidazole rings is 1. The maximum absolute atomic E-state index is 12.8. The molecule has 2 aromatic carbocycles. The van der Waals surface area contributed by atoms with Crippen LogP contribution in [0.3, 0.4) is 0 Å².